The molecule has 1 aromatic rings. The van der Waals surface area contributed by atoms with Crippen molar-refractivity contribution in [2.75, 3.05) is 0 Å². The Morgan fingerprint density at radius 2 is 1.61 bits per heavy atom. The van der Waals surface area contributed by atoms with Crippen LogP contribution in [0.5, 0.6) is 0 Å². The van der Waals surface area contributed by atoms with Crippen molar-refractivity contribution < 1.29 is 23.9 Å². The standard InChI is InChI=1S/C21H32BNO5/c1-18(2,3)23-17(25)26-21(12-16(24)13-21)14-8-10-15(11-9-14)22-27-19(4,5)20(6,7)28-22/h8-11,16,24H,12-13H2,1-7H3,(H,23,25). The molecule has 0 bridgehead atoms. The van der Waals surface area contributed by atoms with Gasteiger partial charge in [0.05, 0.1) is 17.3 Å². The summed E-state index contributed by atoms with van der Waals surface area (Å²) in [4.78, 5) is 12.3. The van der Waals surface area contributed by atoms with Crippen LogP contribution in [0.1, 0.15) is 66.9 Å². The van der Waals surface area contributed by atoms with E-state index in [0.29, 0.717) is 12.8 Å². The predicted molar refractivity (Wildman–Crippen MR) is 108 cm³/mol. The Bertz CT molecular complexity index is 716. The fourth-order valence-corrected chi connectivity index (χ4v) is 3.51. The Hall–Kier alpha value is -1.57. The normalized spacial score (nSPS) is 28.6. The van der Waals surface area contributed by atoms with Crippen molar-refractivity contribution >= 4 is 18.7 Å². The van der Waals surface area contributed by atoms with Gasteiger partial charge in [0, 0.05) is 18.4 Å². The molecular weight excluding hydrogens is 357 g/mol. The monoisotopic (exact) mass is 389 g/mol. The predicted octanol–water partition coefficient (Wildman–Crippen LogP) is 2.86. The maximum atomic E-state index is 12.3. The molecule has 2 N–H and O–H groups in total. The van der Waals surface area contributed by atoms with Crippen LogP contribution in [0.3, 0.4) is 0 Å². The highest BCUT2D eigenvalue weighted by Crippen LogP contribution is 2.45. The van der Waals surface area contributed by atoms with Gasteiger partial charge < -0.3 is 24.5 Å². The molecule has 3 rings (SSSR count). The first-order chi connectivity index (χ1) is 12.7. The van der Waals surface area contributed by atoms with Crippen molar-refractivity contribution in [3.63, 3.8) is 0 Å². The van der Waals surface area contributed by atoms with E-state index < -0.39 is 36.1 Å². The maximum Gasteiger partial charge on any atom is 0.494 e. The first kappa shape index (κ1) is 21.2. The Morgan fingerprint density at radius 3 is 2.04 bits per heavy atom. The number of aliphatic hydroxyl groups excluding tert-OH is 1. The molecular formula is C21H32BNO5. The largest absolute Gasteiger partial charge is 0.494 e. The summed E-state index contributed by atoms with van der Waals surface area (Å²) >= 11 is 0. The SMILES string of the molecule is CC(C)(C)NC(=O)OC1(c2ccc(B3OC(C)(C)C(C)(C)O3)cc2)CC(O)C1. The molecule has 0 radical (unpaired) electrons. The number of alkyl carbamates (subject to hydrolysis) is 1. The Labute approximate surface area is 168 Å². The van der Waals surface area contributed by atoms with Gasteiger partial charge in [-0.25, -0.2) is 4.79 Å². The Kier molecular flexibility index (Phi) is 5.10. The highest BCUT2D eigenvalue weighted by atomic mass is 16.7. The second-order valence-corrected chi connectivity index (χ2v) is 10.0. The van der Waals surface area contributed by atoms with E-state index in [1.54, 1.807) is 0 Å². The summed E-state index contributed by atoms with van der Waals surface area (Å²) < 4.78 is 18.0. The first-order valence-corrected chi connectivity index (χ1v) is 9.88. The molecule has 1 saturated heterocycles. The second kappa shape index (κ2) is 6.75. The quantitative estimate of drug-likeness (QED) is 0.778. The number of hydrogen-bond acceptors (Lipinski definition) is 5. The molecule has 1 heterocycles. The molecule has 6 nitrogen and oxygen atoms in total. The molecule has 0 aromatic heterocycles. The van der Waals surface area contributed by atoms with Crippen molar-refractivity contribution in [1.82, 2.24) is 5.32 Å². The minimum atomic E-state index is -0.802. The number of rotatable bonds is 3. The molecule has 1 aromatic carbocycles. The van der Waals surface area contributed by atoms with E-state index in [4.69, 9.17) is 14.0 Å². The summed E-state index contributed by atoms with van der Waals surface area (Å²) in [6.45, 7) is 13.8. The summed E-state index contributed by atoms with van der Waals surface area (Å²) in [7, 11) is -0.438. The minimum absolute atomic E-state index is 0.388. The lowest BCUT2D eigenvalue weighted by atomic mass is 9.71. The molecule has 154 valence electrons. The van der Waals surface area contributed by atoms with Crippen LogP contribution in [0.4, 0.5) is 4.79 Å². The third-order valence-corrected chi connectivity index (χ3v) is 5.86. The maximum absolute atomic E-state index is 12.3. The smallest absolute Gasteiger partial charge is 0.438 e. The summed E-state index contributed by atoms with van der Waals surface area (Å²) in [6.07, 6.45) is -0.166. The van der Waals surface area contributed by atoms with E-state index in [0.717, 1.165) is 11.0 Å². The van der Waals surface area contributed by atoms with Crippen LogP contribution in [-0.2, 0) is 19.6 Å². The van der Waals surface area contributed by atoms with Crippen molar-refractivity contribution in [2.24, 2.45) is 0 Å². The third-order valence-electron chi connectivity index (χ3n) is 5.86. The highest BCUT2D eigenvalue weighted by molar-refractivity contribution is 6.62. The zero-order valence-electron chi connectivity index (χ0n) is 18.0. The fourth-order valence-electron chi connectivity index (χ4n) is 3.51. The van der Waals surface area contributed by atoms with E-state index in [-0.39, 0.29) is 5.54 Å². The molecule has 2 fully saturated rings. The van der Waals surface area contributed by atoms with Crippen LogP contribution in [0, 0.1) is 0 Å². The van der Waals surface area contributed by atoms with E-state index in [1.807, 2.05) is 72.7 Å². The molecule has 2 aliphatic rings. The van der Waals surface area contributed by atoms with E-state index in [2.05, 4.69) is 5.32 Å². The van der Waals surface area contributed by atoms with Crippen LogP contribution in [-0.4, -0.2) is 41.2 Å². The van der Waals surface area contributed by atoms with Crippen LogP contribution < -0.4 is 10.8 Å². The van der Waals surface area contributed by atoms with Crippen LogP contribution in [0.15, 0.2) is 24.3 Å². The average Bonchev–Trinajstić information content (AvgIpc) is 2.72. The zero-order chi connectivity index (χ0) is 21.0. The van der Waals surface area contributed by atoms with Gasteiger partial charge in [-0.1, -0.05) is 24.3 Å². The lowest BCUT2D eigenvalue weighted by molar-refractivity contribution is -0.123. The second-order valence-electron chi connectivity index (χ2n) is 10.0. The van der Waals surface area contributed by atoms with E-state index >= 15 is 0 Å². The summed E-state index contributed by atoms with van der Waals surface area (Å²) in [5.74, 6) is 0. The summed E-state index contributed by atoms with van der Waals surface area (Å²) in [6, 6.07) is 7.73. The van der Waals surface area contributed by atoms with E-state index in [9.17, 15) is 9.90 Å². The molecule has 1 amide bonds. The molecule has 0 spiro atoms. The van der Waals surface area contributed by atoms with Gasteiger partial charge in [0.1, 0.15) is 5.60 Å². The number of amides is 1. The Morgan fingerprint density at radius 1 is 1.11 bits per heavy atom. The summed E-state index contributed by atoms with van der Waals surface area (Å²) in [5, 5.41) is 12.7. The van der Waals surface area contributed by atoms with Gasteiger partial charge in [0.2, 0.25) is 0 Å². The number of aliphatic hydroxyl groups is 1. The third kappa shape index (κ3) is 4.07. The first-order valence-electron chi connectivity index (χ1n) is 9.88. The van der Waals surface area contributed by atoms with Gasteiger partial charge in [0.25, 0.3) is 0 Å². The lowest BCUT2D eigenvalue weighted by Crippen LogP contribution is -2.52. The molecule has 1 aliphatic heterocycles. The van der Waals surface area contributed by atoms with Crippen LogP contribution >= 0.6 is 0 Å². The molecule has 28 heavy (non-hydrogen) atoms. The van der Waals surface area contributed by atoms with Crippen LogP contribution in [0.25, 0.3) is 0 Å². The Balaban J connectivity index is 1.76. The fraction of sp³-hybridized carbons (Fsp3) is 0.667. The van der Waals surface area contributed by atoms with Crippen molar-refractivity contribution in [3.05, 3.63) is 29.8 Å². The van der Waals surface area contributed by atoms with Gasteiger partial charge >= 0.3 is 13.2 Å². The number of ether oxygens (including phenoxy) is 1. The highest BCUT2D eigenvalue weighted by Gasteiger charge is 2.52. The molecule has 1 saturated carbocycles. The van der Waals surface area contributed by atoms with Gasteiger partial charge in [-0.2, -0.15) is 0 Å². The van der Waals surface area contributed by atoms with Crippen molar-refractivity contribution in [2.45, 2.75) is 89.8 Å². The van der Waals surface area contributed by atoms with Gasteiger partial charge in [-0.05, 0) is 59.5 Å². The topological polar surface area (TPSA) is 77.0 Å². The molecule has 1 aliphatic carbocycles. The van der Waals surface area contributed by atoms with Crippen LogP contribution in [0.2, 0.25) is 0 Å². The number of nitrogens with one attached hydrogen (secondary N) is 1. The number of carbonyl (C=O) groups is 1. The van der Waals surface area contributed by atoms with Gasteiger partial charge in [-0.15, -0.1) is 0 Å². The minimum Gasteiger partial charge on any atom is -0.438 e. The van der Waals surface area contributed by atoms with Gasteiger partial charge in [0.15, 0.2) is 0 Å². The average molecular weight is 389 g/mol. The molecule has 0 atom stereocenters. The summed E-state index contributed by atoms with van der Waals surface area (Å²) in [5.41, 5.74) is -0.211. The number of hydrogen-bond donors (Lipinski definition) is 2. The molecule has 0 unspecified atom stereocenters. The molecule has 7 heteroatoms. The van der Waals surface area contributed by atoms with E-state index in [1.165, 1.54) is 0 Å². The van der Waals surface area contributed by atoms with Crippen molar-refractivity contribution in [1.29, 1.82) is 0 Å². The lowest BCUT2D eigenvalue weighted by Gasteiger charge is -2.45. The number of benzene rings is 1. The zero-order valence-corrected chi connectivity index (χ0v) is 18.0. The van der Waals surface area contributed by atoms with Crippen molar-refractivity contribution in [3.8, 4) is 0 Å². The number of carbonyl (C=O) groups excluding carboxylic acids is 1. The van der Waals surface area contributed by atoms with Gasteiger partial charge in [-0.3, -0.25) is 0 Å².